The Morgan fingerprint density at radius 1 is 1.30 bits per heavy atom. The highest BCUT2D eigenvalue weighted by atomic mass is 32.2. The van der Waals surface area contributed by atoms with Gasteiger partial charge in [0, 0.05) is 16.6 Å². The molecule has 2 N–H and O–H groups in total. The summed E-state index contributed by atoms with van der Waals surface area (Å²) in [6.45, 7) is 5.32. The molecule has 0 saturated heterocycles. The highest BCUT2D eigenvalue weighted by Gasteiger charge is 2.05. The molecule has 0 aliphatic carbocycles. The van der Waals surface area contributed by atoms with Crippen LogP contribution in [0.3, 0.4) is 0 Å². The van der Waals surface area contributed by atoms with Crippen molar-refractivity contribution in [3.8, 4) is 0 Å². The van der Waals surface area contributed by atoms with Crippen molar-refractivity contribution < 1.29 is 0 Å². The lowest BCUT2D eigenvalue weighted by Gasteiger charge is -2.14. The zero-order valence-electron chi connectivity index (χ0n) is 12.4. The molecule has 3 nitrogen and oxygen atoms in total. The first-order valence-electron chi connectivity index (χ1n) is 7.07. The largest absolute Gasteiger partial charge is 0.310 e. The van der Waals surface area contributed by atoms with Gasteiger partial charge in [-0.2, -0.15) is 5.10 Å². The fourth-order valence-corrected chi connectivity index (χ4v) is 2.64. The van der Waals surface area contributed by atoms with E-state index in [1.54, 1.807) is 11.8 Å². The van der Waals surface area contributed by atoms with E-state index in [1.165, 1.54) is 21.7 Å². The highest BCUT2D eigenvalue weighted by Crippen LogP contribution is 2.18. The topological polar surface area (TPSA) is 40.7 Å². The van der Waals surface area contributed by atoms with Crippen LogP contribution in [0, 0.1) is 6.92 Å². The Kier molecular flexibility index (Phi) is 5.68. The molecule has 1 atom stereocenters. The van der Waals surface area contributed by atoms with Gasteiger partial charge in [-0.05, 0) is 62.7 Å². The summed E-state index contributed by atoms with van der Waals surface area (Å²) >= 11 is 1.78. The number of aromatic nitrogens is 2. The number of hydrogen-bond acceptors (Lipinski definition) is 3. The Labute approximate surface area is 125 Å². The first kappa shape index (κ1) is 15.1. The third kappa shape index (κ3) is 4.12. The molecule has 2 rings (SSSR count). The number of benzene rings is 1. The van der Waals surface area contributed by atoms with Crippen LogP contribution >= 0.6 is 11.8 Å². The van der Waals surface area contributed by atoms with E-state index in [0.29, 0.717) is 6.04 Å². The van der Waals surface area contributed by atoms with Crippen molar-refractivity contribution in [2.75, 3.05) is 12.8 Å². The van der Waals surface area contributed by atoms with E-state index in [9.17, 15) is 0 Å². The lowest BCUT2D eigenvalue weighted by molar-refractivity contribution is 0.558. The molecule has 1 aromatic carbocycles. The predicted octanol–water partition coefficient (Wildman–Crippen LogP) is 3.72. The van der Waals surface area contributed by atoms with Crippen LogP contribution in [0.15, 0.2) is 35.4 Å². The summed E-state index contributed by atoms with van der Waals surface area (Å²) in [5.74, 6) is 0. The van der Waals surface area contributed by atoms with Gasteiger partial charge in [0.15, 0.2) is 0 Å². The molecule has 108 valence electrons. The first-order chi connectivity index (χ1) is 9.70. The number of thioether (sulfide) groups is 1. The van der Waals surface area contributed by atoms with Crippen molar-refractivity contribution in [3.05, 3.63) is 47.3 Å². The van der Waals surface area contributed by atoms with Gasteiger partial charge in [0.05, 0.1) is 6.20 Å². The van der Waals surface area contributed by atoms with Gasteiger partial charge in [-0.3, -0.25) is 5.10 Å². The third-order valence-corrected chi connectivity index (χ3v) is 4.37. The van der Waals surface area contributed by atoms with Gasteiger partial charge in [0.25, 0.3) is 0 Å². The Morgan fingerprint density at radius 3 is 2.65 bits per heavy atom. The summed E-state index contributed by atoms with van der Waals surface area (Å²) in [7, 11) is 0. The van der Waals surface area contributed by atoms with Crippen molar-refractivity contribution in [3.63, 3.8) is 0 Å². The second-order valence-electron chi connectivity index (χ2n) is 5.07. The van der Waals surface area contributed by atoms with Gasteiger partial charge >= 0.3 is 0 Å². The van der Waals surface area contributed by atoms with Gasteiger partial charge in [-0.25, -0.2) is 0 Å². The van der Waals surface area contributed by atoms with Crippen LogP contribution in [0.2, 0.25) is 0 Å². The Balaban J connectivity index is 1.74. The van der Waals surface area contributed by atoms with Crippen LogP contribution in [0.25, 0.3) is 0 Å². The second kappa shape index (κ2) is 7.50. The predicted molar refractivity (Wildman–Crippen MR) is 86.3 cm³/mol. The average molecular weight is 289 g/mol. The fourth-order valence-electron chi connectivity index (χ4n) is 2.24. The van der Waals surface area contributed by atoms with E-state index < -0.39 is 0 Å². The van der Waals surface area contributed by atoms with Crippen molar-refractivity contribution >= 4 is 11.8 Å². The van der Waals surface area contributed by atoms with E-state index in [-0.39, 0.29) is 0 Å². The summed E-state index contributed by atoms with van der Waals surface area (Å²) in [6, 6.07) is 9.20. The van der Waals surface area contributed by atoms with Crippen LogP contribution < -0.4 is 5.32 Å². The maximum Gasteiger partial charge on any atom is 0.0522 e. The SMILES string of the molecule is CSc1ccc(C(C)NCCCc2cn[nH]c2C)cc1. The standard InChI is InChI=1S/C16H23N3S/c1-12(14-6-8-16(20-3)9-7-14)17-10-4-5-15-11-18-19-13(15)2/h6-9,11-12,17H,4-5,10H2,1-3H3,(H,18,19). The van der Waals surface area contributed by atoms with Gasteiger partial charge in [-0.1, -0.05) is 12.1 Å². The quantitative estimate of drug-likeness (QED) is 0.603. The normalized spacial score (nSPS) is 12.6. The highest BCUT2D eigenvalue weighted by molar-refractivity contribution is 7.98. The van der Waals surface area contributed by atoms with Gasteiger partial charge < -0.3 is 5.32 Å². The second-order valence-corrected chi connectivity index (χ2v) is 5.95. The monoisotopic (exact) mass is 289 g/mol. The number of hydrogen-bond donors (Lipinski definition) is 2. The molecular weight excluding hydrogens is 266 g/mol. The van der Waals surface area contributed by atoms with E-state index in [4.69, 9.17) is 0 Å². The van der Waals surface area contributed by atoms with Gasteiger partial charge in [0.1, 0.15) is 0 Å². The molecule has 4 heteroatoms. The molecule has 0 aliphatic rings. The molecule has 1 unspecified atom stereocenters. The Bertz CT molecular complexity index is 519. The number of nitrogens with one attached hydrogen (secondary N) is 2. The van der Waals surface area contributed by atoms with Crippen LogP contribution in [0.5, 0.6) is 0 Å². The lowest BCUT2D eigenvalue weighted by Crippen LogP contribution is -2.20. The maximum absolute atomic E-state index is 4.05. The number of nitrogens with zero attached hydrogens (tertiary/aromatic N) is 1. The summed E-state index contributed by atoms with van der Waals surface area (Å²) in [5.41, 5.74) is 3.86. The first-order valence-corrected chi connectivity index (χ1v) is 8.29. The summed E-state index contributed by atoms with van der Waals surface area (Å²) in [4.78, 5) is 1.32. The lowest BCUT2D eigenvalue weighted by atomic mass is 10.1. The Hall–Kier alpha value is -1.26. The molecule has 0 bridgehead atoms. The molecule has 0 amide bonds. The summed E-state index contributed by atoms with van der Waals surface area (Å²) < 4.78 is 0. The molecule has 0 saturated carbocycles. The summed E-state index contributed by atoms with van der Waals surface area (Å²) in [5, 5.41) is 10.6. The zero-order chi connectivity index (χ0) is 14.4. The molecule has 20 heavy (non-hydrogen) atoms. The minimum atomic E-state index is 0.399. The van der Waals surface area contributed by atoms with Crippen molar-refractivity contribution in [1.29, 1.82) is 0 Å². The van der Waals surface area contributed by atoms with Crippen molar-refractivity contribution in [1.82, 2.24) is 15.5 Å². The molecule has 0 spiro atoms. The van der Waals surface area contributed by atoms with Crippen LogP contribution in [-0.2, 0) is 6.42 Å². The third-order valence-electron chi connectivity index (χ3n) is 3.62. The Morgan fingerprint density at radius 2 is 2.05 bits per heavy atom. The molecule has 0 fully saturated rings. The number of aromatic amines is 1. The maximum atomic E-state index is 4.05. The van der Waals surface area contributed by atoms with Gasteiger partial charge in [-0.15, -0.1) is 11.8 Å². The van der Waals surface area contributed by atoms with Crippen molar-refractivity contribution in [2.24, 2.45) is 0 Å². The minimum Gasteiger partial charge on any atom is -0.310 e. The minimum absolute atomic E-state index is 0.399. The molecule has 1 heterocycles. The average Bonchev–Trinajstić information content (AvgIpc) is 2.89. The van der Waals surface area contributed by atoms with Crippen LogP contribution in [0.4, 0.5) is 0 Å². The van der Waals surface area contributed by atoms with Crippen LogP contribution in [0.1, 0.15) is 36.2 Å². The van der Waals surface area contributed by atoms with Crippen LogP contribution in [-0.4, -0.2) is 23.0 Å². The number of H-pyrrole nitrogens is 1. The number of aryl methyl sites for hydroxylation is 2. The van der Waals surface area contributed by atoms with Gasteiger partial charge in [0.2, 0.25) is 0 Å². The molecule has 1 aromatic heterocycles. The molecule has 0 aliphatic heterocycles. The summed E-state index contributed by atoms with van der Waals surface area (Å²) in [6.07, 6.45) is 6.25. The van der Waals surface area contributed by atoms with Crippen molar-refractivity contribution in [2.45, 2.75) is 37.6 Å². The zero-order valence-corrected chi connectivity index (χ0v) is 13.3. The van der Waals surface area contributed by atoms with E-state index in [0.717, 1.165) is 19.4 Å². The smallest absolute Gasteiger partial charge is 0.0522 e. The molecule has 2 aromatic rings. The van der Waals surface area contributed by atoms with E-state index >= 15 is 0 Å². The fraction of sp³-hybridized carbons (Fsp3) is 0.438. The van der Waals surface area contributed by atoms with E-state index in [1.807, 2.05) is 6.20 Å². The molecule has 0 radical (unpaired) electrons. The van der Waals surface area contributed by atoms with E-state index in [2.05, 4.69) is 59.9 Å². The number of rotatable bonds is 7. The molecular formula is C16H23N3S.